The number of nitrogens with one attached hydrogen (secondary N) is 1. The van der Waals surface area contributed by atoms with Gasteiger partial charge in [-0.05, 0) is 30.7 Å². The van der Waals surface area contributed by atoms with Gasteiger partial charge in [0.15, 0.2) is 0 Å². The van der Waals surface area contributed by atoms with E-state index >= 15 is 0 Å². The van der Waals surface area contributed by atoms with E-state index < -0.39 is 33.7 Å². The second kappa shape index (κ2) is 9.03. The van der Waals surface area contributed by atoms with E-state index in [0.29, 0.717) is 34.3 Å². The molecular formula is C24H19F3N4O4S. The molecule has 12 heteroatoms. The van der Waals surface area contributed by atoms with Crippen LogP contribution in [-0.4, -0.2) is 41.2 Å². The number of alkyl halides is 3. The zero-order valence-electron chi connectivity index (χ0n) is 18.6. The number of nitrogens with zero attached hydrogens (tertiary/aromatic N) is 3. The molecule has 8 nitrogen and oxygen atoms in total. The lowest BCUT2D eigenvalue weighted by Gasteiger charge is -2.37. The summed E-state index contributed by atoms with van der Waals surface area (Å²) in [5.41, 5.74) is 0.931. The lowest BCUT2D eigenvalue weighted by Crippen LogP contribution is -2.57. The molecule has 0 radical (unpaired) electrons. The number of sulfonamides is 1. The summed E-state index contributed by atoms with van der Waals surface area (Å²) in [4.78, 5) is 20.9. The normalized spacial score (nSPS) is 16.6. The number of para-hydroxylation sites is 1. The molecule has 5 rings (SSSR count). The Hall–Kier alpha value is -3.77. The standard InChI is InChI=1S/C24H19F3N4O4S/c25-24(26,27)17-7-5-15(6-8-17)19-12-18(29-14-30-19)13-28-23(32)20-9-10-31(20)36(33,34)22-11-16-3-1-2-4-21(16)35-22/h1-8,11-12,14,20H,9-10,13H2,(H,28,32)/t20-/m0/s1. The summed E-state index contributed by atoms with van der Waals surface area (Å²) in [5.74, 6) is -0.490. The Balaban J connectivity index is 1.25. The molecule has 1 aliphatic rings. The molecule has 4 aromatic rings. The van der Waals surface area contributed by atoms with Crippen molar-refractivity contribution >= 4 is 26.9 Å². The molecule has 1 fully saturated rings. The summed E-state index contributed by atoms with van der Waals surface area (Å²) in [6.45, 7) is 0.174. The van der Waals surface area contributed by atoms with Crippen molar-refractivity contribution in [3.8, 4) is 11.3 Å². The lowest BCUT2D eigenvalue weighted by molar-refractivity contribution is -0.137. The summed E-state index contributed by atoms with van der Waals surface area (Å²) in [6, 6.07) is 13.5. The van der Waals surface area contributed by atoms with Gasteiger partial charge in [0.05, 0.1) is 23.5 Å². The van der Waals surface area contributed by atoms with Crippen molar-refractivity contribution in [1.29, 1.82) is 0 Å². The fourth-order valence-corrected chi connectivity index (χ4v) is 5.48. The quantitative estimate of drug-likeness (QED) is 0.416. The summed E-state index contributed by atoms with van der Waals surface area (Å²) in [5, 5.41) is 3.09. The van der Waals surface area contributed by atoms with E-state index in [1.807, 2.05) is 0 Å². The van der Waals surface area contributed by atoms with Gasteiger partial charge in [0.2, 0.25) is 11.0 Å². The van der Waals surface area contributed by atoms with Crippen LogP contribution in [0.3, 0.4) is 0 Å². The van der Waals surface area contributed by atoms with Crippen molar-refractivity contribution in [3.05, 3.63) is 78.2 Å². The number of hydrogen-bond acceptors (Lipinski definition) is 6. The van der Waals surface area contributed by atoms with Crippen LogP contribution in [0.4, 0.5) is 13.2 Å². The van der Waals surface area contributed by atoms with Crippen molar-refractivity contribution in [1.82, 2.24) is 19.6 Å². The number of halogens is 3. The van der Waals surface area contributed by atoms with Gasteiger partial charge in [-0.3, -0.25) is 4.79 Å². The highest BCUT2D eigenvalue weighted by atomic mass is 32.2. The van der Waals surface area contributed by atoms with Crippen molar-refractivity contribution in [2.24, 2.45) is 0 Å². The van der Waals surface area contributed by atoms with Crippen molar-refractivity contribution in [3.63, 3.8) is 0 Å². The van der Waals surface area contributed by atoms with Gasteiger partial charge in [-0.15, -0.1) is 0 Å². The molecule has 0 saturated carbocycles. The number of rotatable bonds is 6. The number of fused-ring (bicyclic) bond motifs is 1. The van der Waals surface area contributed by atoms with E-state index in [1.165, 1.54) is 24.5 Å². The van der Waals surface area contributed by atoms with Crippen LogP contribution >= 0.6 is 0 Å². The van der Waals surface area contributed by atoms with Gasteiger partial charge < -0.3 is 9.73 Å². The molecule has 1 aliphatic heterocycles. The molecule has 3 heterocycles. The van der Waals surface area contributed by atoms with Crippen LogP contribution in [0.25, 0.3) is 22.2 Å². The Bertz CT molecular complexity index is 1500. The van der Waals surface area contributed by atoms with E-state index in [1.54, 1.807) is 30.3 Å². The molecule has 1 amide bonds. The Morgan fingerprint density at radius 2 is 1.83 bits per heavy atom. The topological polar surface area (TPSA) is 105 Å². The van der Waals surface area contributed by atoms with E-state index in [-0.39, 0.29) is 18.2 Å². The Kier molecular flexibility index (Phi) is 6.00. The maximum Gasteiger partial charge on any atom is 0.416 e. The highest BCUT2D eigenvalue weighted by Gasteiger charge is 2.44. The minimum absolute atomic E-state index is 0.00991. The minimum Gasteiger partial charge on any atom is -0.443 e. The van der Waals surface area contributed by atoms with Gasteiger partial charge in [-0.2, -0.15) is 17.5 Å². The number of hydrogen-bond donors (Lipinski definition) is 1. The average molecular weight is 517 g/mol. The molecule has 0 aliphatic carbocycles. The second-order valence-electron chi connectivity index (χ2n) is 8.21. The summed E-state index contributed by atoms with van der Waals surface area (Å²) < 4.78 is 71.0. The molecule has 2 aromatic carbocycles. The number of carbonyl (C=O) groups excluding carboxylic acids is 1. The minimum atomic E-state index is -4.44. The predicted molar refractivity (Wildman–Crippen MR) is 123 cm³/mol. The van der Waals surface area contributed by atoms with E-state index in [9.17, 15) is 26.4 Å². The van der Waals surface area contributed by atoms with Gasteiger partial charge in [0.1, 0.15) is 18.0 Å². The van der Waals surface area contributed by atoms with Crippen LogP contribution in [0.1, 0.15) is 17.7 Å². The maximum absolute atomic E-state index is 13.0. The third kappa shape index (κ3) is 4.56. The molecule has 0 spiro atoms. The van der Waals surface area contributed by atoms with Gasteiger partial charge in [0, 0.05) is 23.6 Å². The van der Waals surface area contributed by atoms with Crippen LogP contribution < -0.4 is 5.32 Å². The van der Waals surface area contributed by atoms with Crippen LogP contribution in [0.2, 0.25) is 0 Å². The molecule has 1 N–H and O–H groups in total. The smallest absolute Gasteiger partial charge is 0.416 e. The molecule has 0 bridgehead atoms. The highest BCUT2D eigenvalue weighted by molar-refractivity contribution is 7.89. The fraction of sp³-hybridized carbons (Fsp3) is 0.208. The van der Waals surface area contributed by atoms with E-state index in [2.05, 4.69) is 15.3 Å². The largest absolute Gasteiger partial charge is 0.443 e. The van der Waals surface area contributed by atoms with Gasteiger partial charge in [-0.25, -0.2) is 18.4 Å². The Labute approximate surface area is 203 Å². The number of aromatic nitrogens is 2. The molecule has 2 aromatic heterocycles. The SMILES string of the molecule is O=C(NCc1cc(-c2ccc(C(F)(F)F)cc2)ncn1)[C@@H]1CCN1S(=O)(=O)c1cc2ccccc2o1. The van der Waals surface area contributed by atoms with Crippen molar-refractivity contribution in [2.45, 2.75) is 30.3 Å². The lowest BCUT2D eigenvalue weighted by atomic mass is 10.1. The van der Waals surface area contributed by atoms with Gasteiger partial charge in [0.25, 0.3) is 10.0 Å². The zero-order chi connectivity index (χ0) is 25.5. The first-order valence-electron chi connectivity index (χ1n) is 10.9. The third-order valence-corrected chi connectivity index (χ3v) is 7.68. The Morgan fingerprint density at radius 3 is 2.50 bits per heavy atom. The first kappa shape index (κ1) is 23.9. The van der Waals surface area contributed by atoms with E-state index in [4.69, 9.17) is 4.42 Å². The van der Waals surface area contributed by atoms with Gasteiger partial charge in [-0.1, -0.05) is 30.3 Å². The van der Waals surface area contributed by atoms with Crippen molar-refractivity contribution in [2.75, 3.05) is 6.54 Å². The number of amides is 1. The Morgan fingerprint density at radius 1 is 1.08 bits per heavy atom. The molecular weight excluding hydrogens is 497 g/mol. The highest BCUT2D eigenvalue weighted by Crippen LogP contribution is 2.32. The maximum atomic E-state index is 13.0. The molecule has 0 unspecified atom stereocenters. The molecule has 186 valence electrons. The first-order chi connectivity index (χ1) is 17.1. The predicted octanol–water partition coefficient (Wildman–Crippen LogP) is 3.99. The van der Waals surface area contributed by atoms with Crippen LogP contribution in [0.15, 0.2) is 76.5 Å². The monoisotopic (exact) mass is 516 g/mol. The molecule has 1 atom stereocenters. The van der Waals surface area contributed by atoms with Gasteiger partial charge >= 0.3 is 6.18 Å². The molecule has 1 saturated heterocycles. The van der Waals surface area contributed by atoms with Crippen LogP contribution in [0.5, 0.6) is 0 Å². The van der Waals surface area contributed by atoms with E-state index in [0.717, 1.165) is 16.4 Å². The van der Waals surface area contributed by atoms with Crippen LogP contribution in [0, 0.1) is 0 Å². The zero-order valence-corrected chi connectivity index (χ0v) is 19.4. The van der Waals surface area contributed by atoms with Crippen LogP contribution in [-0.2, 0) is 27.5 Å². The molecule has 36 heavy (non-hydrogen) atoms. The van der Waals surface area contributed by atoms with Crippen molar-refractivity contribution < 1.29 is 30.8 Å². The average Bonchev–Trinajstić information content (AvgIpc) is 3.27. The first-order valence-corrected chi connectivity index (χ1v) is 12.3. The fourth-order valence-electron chi connectivity index (χ4n) is 3.89. The summed E-state index contributed by atoms with van der Waals surface area (Å²) >= 11 is 0. The summed E-state index contributed by atoms with van der Waals surface area (Å²) in [6.07, 6.45) is -2.84. The number of furan rings is 1. The number of benzene rings is 2. The summed E-state index contributed by atoms with van der Waals surface area (Å²) in [7, 11) is -4.00. The third-order valence-electron chi connectivity index (χ3n) is 5.91. The number of carbonyl (C=O) groups is 1. The second-order valence-corrected chi connectivity index (χ2v) is 10.0.